The second-order valence-electron chi connectivity index (χ2n) is 5.62. The molecule has 2 atom stereocenters. The average Bonchev–Trinajstić information content (AvgIpc) is 2.29. The number of amides is 1. The monoisotopic (exact) mass is 256 g/mol. The number of nitrogens with zero attached hydrogens (tertiary/aromatic N) is 2. The van der Waals surface area contributed by atoms with Crippen LogP contribution in [0.5, 0.6) is 0 Å². The Kier molecular flexibility index (Phi) is 5.56. The number of carbonyl (C=O) groups is 1. The highest BCUT2D eigenvalue weighted by molar-refractivity contribution is 5.84. The van der Waals surface area contributed by atoms with Crippen molar-refractivity contribution >= 4 is 5.91 Å². The highest BCUT2D eigenvalue weighted by atomic mass is 16.1. The summed E-state index contributed by atoms with van der Waals surface area (Å²) in [6.45, 7) is 11.2. The first-order valence-electron chi connectivity index (χ1n) is 6.86. The topological polar surface area (TPSA) is 61.6 Å². The van der Waals surface area contributed by atoms with Gasteiger partial charge in [-0.3, -0.25) is 9.69 Å². The number of hydrogen-bond acceptors (Lipinski definition) is 4. The third kappa shape index (κ3) is 3.93. The van der Waals surface area contributed by atoms with Crippen LogP contribution in [-0.2, 0) is 4.79 Å². The van der Waals surface area contributed by atoms with E-state index in [0.29, 0.717) is 6.04 Å². The van der Waals surface area contributed by atoms with Gasteiger partial charge in [0.2, 0.25) is 5.91 Å². The van der Waals surface area contributed by atoms with Crippen molar-refractivity contribution in [2.75, 3.05) is 39.8 Å². The summed E-state index contributed by atoms with van der Waals surface area (Å²) in [7, 11) is 2.15. The van der Waals surface area contributed by atoms with Gasteiger partial charge < -0.3 is 16.0 Å². The van der Waals surface area contributed by atoms with E-state index in [-0.39, 0.29) is 5.91 Å². The minimum atomic E-state index is -0.600. The number of primary amides is 1. The molecule has 1 saturated heterocycles. The Balaban J connectivity index is 2.56. The molecule has 0 aromatic carbocycles. The summed E-state index contributed by atoms with van der Waals surface area (Å²) >= 11 is 0. The van der Waals surface area contributed by atoms with Crippen LogP contribution >= 0.6 is 0 Å². The molecule has 1 amide bonds. The second kappa shape index (κ2) is 6.50. The minimum Gasteiger partial charge on any atom is -0.368 e. The van der Waals surface area contributed by atoms with Gasteiger partial charge in [0.15, 0.2) is 0 Å². The number of piperazine rings is 1. The molecule has 0 aromatic heterocycles. The molecule has 5 heteroatoms. The lowest BCUT2D eigenvalue weighted by Gasteiger charge is -2.39. The lowest BCUT2D eigenvalue weighted by atomic mass is 9.91. The Morgan fingerprint density at radius 3 is 2.39 bits per heavy atom. The summed E-state index contributed by atoms with van der Waals surface area (Å²) in [5.41, 5.74) is 4.93. The Morgan fingerprint density at radius 2 is 1.94 bits per heavy atom. The van der Waals surface area contributed by atoms with Crippen LogP contribution in [0.3, 0.4) is 0 Å². The fourth-order valence-electron chi connectivity index (χ4n) is 2.63. The number of carbonyl (C=O) groups excluding carboxylic acids is 1. The molecule has 1 fully saturated rings. The van der Waals surface area contributed by atoms with Crippen molar-refractivity contribution in [1.29, 1.82) is 0 Å². The maximum Gasteiger partial charge on any atom is 0.237 e. The fourth-order valence-corrected chi connectivity index (χ4v) is 2.63. The molecule has 1 aliphatic heterocycles. The molecular weight excluding hydrogens is 228 g/mol. The van der Waals surface area contributed by atoms with Crippen LogP contribution in [0, 0.1) is 0 Å². The molecular formula is C13H28N4O. The Labute approximate surface area is 111 Å². The van der Waals surface area contributed by atoms with Crippen molar-refractivity contribution in [3.05, 3.63) is 0 Å². The number of nitrogens with two attached hydrogens (primary N) is 1. The maximum atomic E-state index is 11.6. The SMILES string of the molecule is CCNC(C)(CC(C)N1CCN(C)CC1)C(N)=O. The Bertz CT molecular complexity index is 276. The lowest BCUT2D eigenvalue weighted by Crippen LogP contribution is -2.57. The van der Waals surface area contributed by atoms with Gasteiger partial charge in [-0.15, -0.1) is 0 Å². The molecule has 3 N–H and O–H groups in total. The van der Waals surface area contributed by atoms with Gasteiger partial charge in [-0.1, -0.05) is 6.92 Å². The largest absolute Gasteiger partial charge is 0.368 e. The Hall–Kier alpha value is -0.650. The molecule has 1 aliphatic rings. The zero-order valence-corrected chi connectivity index (χ0v) is 12.2. The molecule has 0 saturated carbocycles. The van der Waals surface area contributed by atoms with Crippen LogP contribution in [0.15, 0.2) is 0 Å². The third-order valence-electron chi connectivity index (χ3n) is 3.98. The predicted molar refractivity (Wildman–Crippen MR) is 74.4 cm³/mol. The fraction of sp³-hybridized carbons (Fsp3) is 0.923. The smallest absolute Gasteiger partial charge is 0.237 e. The molecule has 2 unspecified atom stereocenters. The van der Waals surface area contributed by atoms with Crippen molar-refractivity contribution < 1.29 is 4.79 Å². The summed E-state index contributed by atoms with van der Waals surface area (Å²) in [6, 6.07) is 0.371. The van der Waals surface area contributed by atoms with E-state index in [2.05, 4.69) is 29.1 Å². The van der Waals surface area contributed by atoms with Crippen molar-refractivity contribution in [1.82, 2.24) is 15.1 Å². The minimum absolute atomic E-state index is 0.259. The molecule has 1 heterocycles. The average molecular weight is 256 g/mol. The van der Waals surface area contributed by atoms with Crippen molar-refractivity contribution in [3.8, 4) is 0 Å². The molecule has 0 radical (unpaired) electrons. The standard InChI is InChI=1S/C13H28N4O/c1-5-15-13(3,12(14)18)10-11(2)17-8-6-16(4)7-9-17/h11,15H,5-10H2,1-4H3,(H2,14,18). The first-order valence-corrected chi connectivity index (χ1v) is 6.86. The molecule has 5 nitrogen and oxygen atoms in total. The zero-order valence-electron chi connectivity index (χ0n) is 12.2. The quantitative estimate of drug-likeness (QED) is 0.695. The molecule has 0 aromatic rings. The third-order valence-corrected chi connectivity index (χ3v) is 3.98. The van der Waals surface area contributed by atoms with Crippen LogP contribution < -0.4 is 11.1 Å². The van der Waals surface area contributed by atoms with Crippen molar-refractivity contribution in [3.63, 3.8) is 0 Å². The van der Waals surface area contributed by atoms with Crippen LogP contribution in [-0.4, -0.2) is 67.1 Å². The summed E-state index contributed by atoms with van der Waals surface area (Å²) in [5, 5.41) is 3.23. The normalized spacial score (nSPS) is 23.6. The van der Waals surface area contributed by atoms with Crippen molar-refractivity contribution in [2.24, 2.45) is 5.73 Å². The van der Waals surface area contributed by atoms with Gasteiger partial charge in [-0.05, 0) is 33.9 Å². The Morgan fingerprint density at radius 1 is 1.39 bits per heavy atom. The number of rotatable bonds is 6. The summed E-state index contributed by atoms with van der Waals surface area (Å²) < 4.78 is 0. The highest BCUT2D eigenvalue weighted by Crippen LogP contribution is 2.17. The second-order valence-corrected chi connectivity index (χ2v) is 5.62. The molecule has 0 spiro atoms. The highest BCUT2D eigenvalue weighted by Gasteiger charge is 2.33. The number of likely N-dealkylation sites (N-methyl/N-ethyl adjacent to an activating group) is 2. The molecule has 106 valence electrons. The van der Waals surface area contributed by atoms with E-state index in [1.165, 1.54) is 0 Å². The van der Waals surface area contributed by atoms with Crippen LogP contribution in [0.2, 0.25) is 0 Å². The van der Waals surface area contributed by atoms with Gasteiger partial charge >= 0.3 is 0 Å². The van der Waals surface area contributed by atoms with Gasteiger partial charge in [0, 0.05) is 32.2 Å². The van der Waals surface area contributed by atoms with E-state index in [1.807, 2.05) is 13.8 Å². The van der Waals surface area contributed by atoms with E-state index >= 15 is 0 Å². The van der Waals surface area contributed by atoms with E-state index in [1.54, 1.807) is 0 Å². The van der Waals surface area contributed by atoms with E-state index in [4.69, 9.17) is 5.73 Å². The molecule has 18 heavy (non-hydrogen) atoms. The lowest BCUT2D eigenvalue weighted by molar-refractivity contribution is -0.124. The van der Waals surface area contributed by atoms with Gasteiger partial charge in [-0.2, -0.15) is 0 Å². The summed E-state index contributed by atoms with van der Waals surface area (Å²) in [6.07, 6.45) is 0.764. The van der Waals surface area contributed by atoms with Gasteiger partial charge in [0.05, 0.1) is 5.54 Å². The maximum absolute atomic E-state index is 11.6. The van der Waals surface area contributed by atoms with E-state index < -0.39 is 5.54 Å². The predicted octanol–water partition coefficient (Wildman–Crippen LogP) is -0.134. The van der Waals surface area contributed by atoms with Crippen LogP contribution in [0.1, 0.15) is 27.2 Å². The van der Waals surface area contributed by atoms with Crippen LogP contribution in [0.25, 0.3) is 0 Å². The molecule has 0 bridgehead atoms. The van der Waals surface area contributed by atoms with Crippen molar-refractivity contribution in [2.45, 2.75) is 38.8 Å². The first kappa shape index (κ1) is 15.4. The first-order chi connectivity index (χ1) is 8.39. The summed E-state index contributed by atoms with van der Waals surface area (Å²) in [4.78, 5) is 16.4. The van der Waals surface area contributed by atoms with Gasteiger partial charge in [0.1, 0.15) is 0 Å². The van der Waals surface area contributed by atoms with Crippen LogP contribution in [0.4, 0.5) is 0 Å². The van der Waals surface area contributed by atoms with Gasteiger partial charge in [-0.25, -0.2) is 0 Å². The number of nitrogens with one attached hydrogen (secondary N) is 1. The molecule has 0 aliphatic carbocycles. The summed E-state index contributed by atoms with van der Waals surface area (Å²) in [5.74, 6) is -0.259. The van der Waals surface area contributed by atoms with Gasteiger partial charge in [0.25, 0.3) is 0 Å². The van der Waals surface area contributed by atoms with E-state index in [9.17, 15) is 4.79 Å². The zero-order chi connectivity index (χ0) is 13.8. The van der Waals surface area contributed by atoms with E-state index in [0.717, 1.165) is 39.1 Å². The molecule has 1 rings (SSSR count). The number of hydrogen-bond donors (Lipinski definition) is 2.